The lowest BCUT2D eigenvalue weighted by atomic mass is 10.2. The molecule has 0 unspecified atom stereocenters. The van der Waals surface area contributed by atoms with Crippen LogP contribution in [-0.2, 0) is 4.79 Å². The Morgan fingerprint density at radius 3 is 2.62 bits per heavy atom. The van der Waals surface area contributed by atoms with E-state index in [1.807, 2.05) is 0 Å². The fourth-order valence-electron chi connectivity index (χ4n) is 0.629. The zero-order valence-corrected chi connectivity index (χ0v) is 4.29. The van der Waals surface area contributed by atoms with Crippen LogP contribution in [-0.4, -0.2) is 29.7 Å². The molecule has 0 radical (unpaired) electrons. The van der Waals surface area contributed by atoms with Gasteiger partial charge in [0, 0.05) is 6.54 Å². The van der Waals surface area contributed by atoms with Crippen molar-refractivity contribution < 1.29 is 9.90 Å². The van der Waals surface area contributed by atoms with Crippen molar-refractivity contribution in [2.45, 2.75) is 12.1 Å². The molecule has 0 bridgehead atoms. The smallest absolute Gasteiger partial charge is 0.250 e. The van der Waals surface area contributed by atoms with E-state index in [2.05, 4.69) is 5.32 Å². The summed E-state index contributed by atoms with van der Waals surface area (Å²) in [6, 6.07) is -0.414. The number of aliphatic hydroxyl groups excluding tert-OH is 1. The zero-order chi connectivity index (χ0) is 6.15. The highest BCUT2D eigenvalue weighted by Gasteiger charge is 2.29. The Bertz CT molecular complexity index is 115. The number of amides is 1. The molecule has 0 aromatic rings. The quantitative estimate of drug-likeness (QED) is 0.336. The third-order valence-electron chi connectivity index (χ3n) is 1.19. The van der Waals surface area contributed by atoms with Gasteiger partial charge < -0.3 is 16.2 Å². The highest BCUT2D eigenvalue weighted by molar-refractivity contribution is 5.83. The molecule has 1 rings (SSSR count). The summed E-state index contributed by atoms with van der Waals surface area (Å²) in [7, 11) is 0. The second-order valence-electron chi connectivity index (χ2n) is 1.85. The van der Waals surface area contributed by atoms with Gasteiger partial charge in [0.25, 0.3) is 5.91 Å². The number of aliphatic hydroxyl groups is 1. The van der Waals surface area contributed by atoms with E-state index in [-0.39, 0.29) is 5.91 Å². The Labute approximate surface area is 46.7 Å². The summed E-state index contributed by atoms with van der Waals surface area (Å²) >= 11 is 0. The Kier molecular flexibility index (Phi) is 1.19. The Balaban J connectivity index is 2.56. The predicted molar refractivity (Wildman–Crippen MR) is 27.0 cm³/mol. The van der Waals surface area contributed by atoms with Crippen molar-refractivity contribution in [1.29, 1.82) is 0 Å². The van der Waals surface area contributed by atoms with Crippen molar-refractivity contribution in [2.24, 2.45) is 5.73 Å². The maximum Gasteiger partial charge on any atom is 0.250 e. The molecule has 4 N–H and O–H groups in total. The molecule has 2 atom stereocenters. The molecule has 1 heterocycles. The summed E-state index contributed by atoms with van der Waals surface area (Å²) in [6.45, 7) is 0.389. The van der Waals surface area contributed by atoms with E-state index >= 15 is 0 Å². The average molecular weight is 116 g/mol. The van der Waals surface area contributed by atoms with E-state index in [1.54, 1.807) is 0 Å². The summed E-state index contributed by atoms with van der Waals surface area (Å²) < 4.78 is 0. The molecule has 0 saturated carbocycles. The van der Waals surface area contributed by atoms with Crippen LogP contribution in [0, 0.1) is 0 Å². The molecule has 1 fully saturated rings. The molecule has 8 heavy (non-hydrogen) atoms. The lowest BCUT2D eigenvalue weighted by molar-refractivity contribution is -0.126. The highest BCUT2D eigenvalue weighted by Crippen LogP contribution is 1.95. The molecular formula is C4H8N2O2. The van der Waals surface area contributed by atoms with Gasteiger partial charge in [0.1, 0.15) is 6.10 Å². The molecule has 0 aromatic heterocycles. The maximum absolute atomic E-state index is 10.3. The minimum atomic E-state index is -0.991. The van der Waals surface area contributed by atoms with Crippen LogP contribution in [0.3, 0.4) is 0 Å². The van der Waals surface area contributed by atoms with Crippen LogP contribution in [0.4, 0.5) is 0 Å². The van der Waals surface area contributed by atoms with Crippen molar-refractivity contribution >= 4 is 5.91 Å². The summed E-state index contributed by atoms with van der Waals surface area (Å²) in [6.07, 6.45) is -0.991. The third-order valence-corrected chi connectivity index (χ3v) is 1.19. The van der Waals surface area contributed by atoms with Gasteiger partial charge in [-0.05, 0) is 0 Å². The zero-order valence-electron chi connectivity index (χ0n) is 4.29. The van der Waals surface area contributed by atoms with E-state index in [0.29, 0.717) is 6.54 Å². The Hall–Kier alpha value is -0.610. The van der Waals surface area contributed by atoms with Crippen LogP contribution in [0.2, 0.25) is 0 Å². The van der Waals surface area contributed by atoms with Crippen molar-refractivity contribution in [1.82, 2.24) is 5.32 Å². The van der Waals surface area contributed by atoms with Crippen LogP contribution in [0.15, 0.2) is 0 Å². The molecule has 4 heteroatoms. The second-order valence-corrected chi connectivity index (χ2v) is 1.85. The number of nitrogens with two attached hydrogens (primary N) is 1. The second kappa shape index (κ2) is 1.72. The molecular weight excluding hydrogens is 108 g/mol. The molecule has 1 aliphatic rings. The van der Waals surface area contributed by atoms with Crippen molar-refractivity contribution in [2.75, 3.05) is 6.54 Å². The van der Waals surface area contributed by atoms with E-state index < -0.39 is 12.1 Å². The first-order chi connectivity index (χ1) is 3.72. The van der Waals surface area contributed by atoms with Crippen LogP contribution in [0.5, 0.6) is 0 Å². The maximum atomic E-state index is 10.3. The highest BCUT2D eigenvalue weighted by atomic mass is 16.3. The Morgan fingerprint density at radius 1 is 1.88 bits per heavy atom. The fraction of sp³-hybridized carbons (Fsp3) is 0.750. The summed E-state index contributed by atoms with van der Waals surface area (Å²) in [5.41, 5.74) is 5.24. The van der Waals surface area contributed by atoms with E-state index in [4.69, 9.17) is 10.8 Å². The minimum absolute atomic E-state index is 0.363. The molecule has 1 aliphatic heterocycles. The first kappa shape index (κ1) is 5.53. The summed E-state index contributed by atoms with van der Waals surface area (Å²) in [5, 5.41) is 11.1. The van der Waals surface area contributed by atoms with Gasteiger partial charge >= 0.3 is 0 Å². The minimum Gasteiger partial charge on any atom is -0.382 e. The number of nitrogens with one attached hydrogen (secondary N) is 1. The summed E-state index contributed by atoms with van der Waals surface area (Å²) in [5.74, 6) is -0.363. The van der Waals surface area contributed by atoms with Gasteiger partial charge in [0.05, 0.1) is 6.04 Å². The van der Waals surface area contributed by atoms with Crippen LogP contribution in [0.25, 0.3) is 0 Å². The van der Waals surface area contributed by atoms with Crippen LogP contribution < -0.4 is 11.1 Å². The number of hydrogen-bond acceptors (Lipinski definition) is 3. The molecule has 1 amide bonds. The lowest BCUT2D eigenvalue weighted by Gasteiger charge is -2.00. The topological polar surface area (TPSA) is 75.3 Å². The molecule has 4 nitrogen and oxygen atoms in total. The third kappa shape index (κ3) is 0.677. The van der Waals surface area contributed by atoms with Gasteiger partial charge in [-0.1, -0.05) is 0 Å². The number of rotatable bonds is 0. The molecule has 0 aliphatic carbocycles. The van der Waals surface area contributed by atoms with Gasteiger partial charge in [0.2, 0.25) is 0 Å². The van der Waals surface area contributed by atoms with Crippen molar-refractivity contribution in [3.05, 3.63) is 0 Å². The normalized spacial score (nSPS) is 37.5. The van der Waals surface area contributed by atoms with Crippen LogP contribution in [0.1, 0.15) is 0 Å². The van der Waals surface area contributed by atoms with Gasteiger partial charge in [-0.2, -0.15) is 0 Å². The fourth-order valence-corrected chi connectivity index (χ4v) is 0.629. The van der Waals surface area contributed by atoms with Crippen molar-refractivity contribution in [3.63, 3.8) is 0 Å². The van der Waals surface area contributed by atoms with Gasteiger partial charge in [0.15, 0.2) is 0 Å². The monoisotopic (exact) mass is 116 g/mol. The standard InChI is InChI=1S/C4H8N2O2/c5-2-1-6-4(8)3(2)7/h2-3,7H,1,5H2,(H,6,8)/t2-,3+/m0/s1. The molecule has 1 saturated heterocycles. The average Bonchev–Trinajstić information content (AvgIpc) is 1.98. The van der Waals surface area contributed by atoms with Gasteiger partial charge in [-0.3, -0.25) is 4.79 Å². The number of hydrogen-bond donors (Lipinski definition) is 3. The van der Waals surface area contributed by atoms with Crippen LogP contribution >= 0.6 is 0 Å². The van der Waals surface area contributed by atoms with E-state index in [0.717, 1.165) is 0 Å². The van der Waals surface area contributed by atoms with Gasteiger partial charge in [-0.15, -0.1) is 0 Å². The number of carbonyl (C=O) groups is 1. The molecule has 0 aromatic carbocycles. The van der Waals surface area contributed by atoms with E-state index in [1.165, 1.54) is 0 Å². The number of carbonyl (C=O) groups excluding carboxylic acids is 1. The summed E-state index contributed by atoms with van der Waals surface area (Å²) in [4.78, 5) is 10.3. The predicted octanol–water partition coefficient (Wildman–Crippen LogP) is -2.20. The van der Waals surface area contributed by atoms with E-state index in [9.17, 15) is 4.79 Å². The largest absolute Gasteiger partial charge is 0.382 e. The SMILES string of the molecule is N[C@H]1CNC(=O)[C@@H]1O. The Morgan fingerprint density at radius 2 is 2.50 bits per heavy atom. The first-order valence-electron chi connectivity index (χ1n) is 2.43. The lowest BCUT2D eigenvalue weighted by Crippen LogP contribution is -2.34. The molecule has 46 valence electrons. The molecule has 0 spiro atoms. The van der Waals surface area contributed by atoms with Gasteiger partial charge in [-0.25, -0.2) is 0 Å². The first-order valence-corrected chi connectivity index (χ1v) is 2.43. The van der Waals surface area contributed by atoms with Crippen molar-refractivity contribution in [3.8, 4) is 0 Å².